The summed E-state index contributed by atoms with van der Waals surface area (Å²) in [4.78, 5) is 11.2. The number of nitrogen functional groups attached to an aromatic ring is 1. The number of benzene rings is 1. The van der Waals surface area contributed by atoms with Crippen LogP contribution in [0.4, 0.5) is 11.4 Å². The highest BCUT2D eigenvalue weighted by Gasteiger charge is 2.28. The zero-order chi connectivity index (χ0) is 9.71. The van der Waals surface area contributed by atoms with Crippen LogP contribution in [0.15, 0.2) is 12.1 Å². The molecule has 0 saturated heterocycles. The molecular formula is C11H12N2O. The molecule has 1 aromatic carbocycles. The molecule has 0 radical (unpaired) electrons. The molecule has 3 nitrogen and oxygen atoms in total. The van der Waals surface area contributed by atoms with E-state index in [1.54, 1.807) is 0 Å². The van der Waals surface area contributed by atoms with Crippen LogP contribution in [0.1, 0.15) is 29.9 Å². The number of rotatable bonds is 1. The summed E-state index contributed by atoms with van der Waals surface area (Å²) in [5, 5.41) is 2.85. The van der Waals surface area contributed by atoms with E-state index in [2.05, 4.69) is 5.32 Å². The summed E-state index contributed by atoms with van der Waals surface area (Å²) in [7, 11) is 0. The zero-order valence-corrected chi connectivity index (χ0v) is 7.84. The van der Waals surface area contributed by atoms with E-state index in [0.29, 0.717) is 12.3 Å². The van der Waals surface area contributed by atoms with E-state index in [1.807, 2.05) is 12.1 Å². The standard InChI is InChI=1S/C11H12N2O/c12-9-3-7-4-11(14)13-10(7)5-8(9)6-1-2-6/h3,5-6H,1-2,4,12H2,(H,13,14). The van der Waals surface area contributed by atoms with E-state index in [4.69, 9.17) is 5.73 Å². The van der Waals surface area contributed by atoms with E-state index in [1.165, 1.54) is 18.4 Å². The summed E-state index contributed by atoms with van der Waals surface area (Å²) in [6.45, 7) is 0. The number of fused-ring (bicyclic) bond motifs is 1. The van der Waals surface area contributed by atoms with Crippen molar-refractivity contribution in [2.75, 3.05) is 11.1 Å². The van der Waals surface area contributed by atoms with Gasteiger partial charge in [-0.1, -0.05) is 0 Å². The minimum atomic E-state index is 0.0762. The Balaban J connectivity index is 2.09. The summed E-state index contributed by atoms with van der Waals surface area (Å²) in [6, 6.07) is 3.99. The van der Waals surface area contributed by atoms with Gasteiger partial charge in [0.2, 0.25) is 5.91 Å². The molecule has 1 aromatic rings. The van der Waals surface area contributed by atoms with Crippen LogP contribution in [0, 0.1) is 0 Å². The minimum Gasteiger partial charge on any atom is -0.398 e. The van der Waals surface area contributed by atoms with Crippen LogP contribution in [0.5, 0.6) is 0 Å². The summed E-state index contributed by atoms with van der Waals surface area (Å²) in [5.41, 5.74) is 10.0. The minimum absolute atomic E-state index is 0.0762. The second-order valence-corrected chi connectivity index (χ2v) is 4.14. The second-order valence-electron chi connectivity index (χ2n) is 4.14. The average Bonchev–Trinajstić information content (AvgIpc) is 2.88. The zero-order valence-electron chi connectivity index (χ0n) is 7.84. The van der Waals surface area contributed by atoms with Gasteiger partial charge in [0, 0.05) is 11.4 Å². The number of anilines is 2. The monoisotopic (exact) mass is 188 g/mol. The average molecular weight is 188 g/mol. The summed E-state index contributed by atoms with van der Waals surface area (Å²) in [6.07, 6.45) is 2.94. The molecule has 2 aliphatic rings. The molecular weight excluding hydrogens is 176 g/mol. The first-order valence-electron chi connectivity index (χ1n) is 4.96. The topological polar surface area (TPSA) is 55.1 Å². The highest BCUT2D eigenvalue weighted by Crippen LogP contribution is 2.44. The third kappa shape index (κ3) is 1.09. The Bertz CT molecular complexity index is 422. The quantitative estimate of drug-likeness (QED) is 0.658. The fraction of sp³-hybridized carbons (Fsp3) is 0.364. The number of carbonyl (C=O) groups is 1. The Labute approximate surface area is 82.3 Å². The molecule has 1 heterocycles. The van der Waals surface area contributed by atoms with E-state index in [-0.39, 0.29) is 5.91 Å². The van der Waals surface area contributed by atoms with Crippen LogP contribution >= 0.6 is 0 Å². The summed E-state index contributed by atoms with van der Waals surface area (Å²) < 4.78 is 0. The van der Waals surface area contributed by atoms with Crippen LogP contribution in [-0.4, -0.2) is 5.91 Å². The van der Waals surface area contributed by atoms with Crippen LogP contribution in [0.2, 0.25) is 0 Å². The molecule has 1 fully saturated rings. The number of nitrogens with two attached hydrogens (primary N) is 1. The number of hydrogen-bond donors (Lipinski definition) is 2. The molecule has 3 heteroatoms. The number of amides is 1. The van der Waals surface area contributed by atoms with E-state index < -0.39 is 0 Å². The predicted octanol–water partition coefficient (Wildman–Crippen LogP) is 1.64. The Kier molecular flexibility index (Phi) is 1.40. The Morgan fingerprint density at radius 1 is 1.36 bits per heavy atom. The first kappa shape index (κ1) is 7.85. The van der Waals surface area contributed by atoms with Crippen LogP contribution < -0.4 is 11.1 Å². The number of hydrogen-bond acceptors (Lipinski definition) is 2. The van der Waals surface area contributed by atoms with Gasteiger partial charge in [0.25, 0.3) is 0 Å². The van der Waals surface area contributed by atoms with Crippen molar-refractivity contribution in [1.29, 1.82) is 0 Å². The van der Waals surface area contributed by atoms with Crippen molar-refractivity contribution < 1.29 is 4.79 Å². The molecule has 72 valence electrons. The lowest BCUT2D eigenvalue weighted by Gasteiger charge is -2.07. The lowest BCUT2D eigenvalue weighted by atomic mass is 10.0. The van der Waals surface area contributed by atoms with Crippen molar-refractivity contribution in [3.8, 4) is 0 Å². The number of carbonyl (C=O) groups excluding carboxylic acids is 1. The van der Waals surface area contributed by atoms with E-state index in [9.17, 15) is 4.79 Å². The van der Waals surface area contributed by atoms with E-state index in [0.717, 1.165) is 16.9 Å². The van der Waals surface area contributed by atoms with Gasteiger partial charge in [0.15, 0.2) is 0 Å². The SMILES string of the molecule is Nc1cc2c(cc1C1CC1)NC(=O)C2. The van der Waals surface area contributed by atoms with Crippen molar-refractivity contribution in [2.24, 2.45) is 0 Å². The molecule has 0 bridgehead atoms. The summed E-state index contributed by atoms with van der Waals surface area (Å²) >= 11 is 0. The molecule has 0 spiro atoms. The van der Waals surface area contributed by atoms with Crippen molar-refractivity contribution in [2.45, 2.75) is 25.2 Å². The lowest BCUT2D eigenvalue weighted by Crippen LogP contribution is -2.03. The Morgan fingerprint density at radius 2 is 2.14 bits per heavy atom. The first-order valence-corrected chi connectivity index (χ1v) is 4.96. The maximum atomic E-state index is 11.2. The van der Waals surface area contributed by atoms with Gasteiger partial charge < -0.3 is 11.1 Å². The van der Waals surface area contributed by atoms with Gasteiger partial charge in [-0.15, -0.1) is 0 Å². The van der Waals surface area contributed by atoms with Crippen molar-refractivity contribution in [1.82, 2.24) is 0 Å². The highest BCUT2D eigenvalue weighted by atomic mass is 16.1. The molecule has 1 aliphatic carbocycles. The van der Waals surface area contributed by atoms with Gasteiger partial charge >= 0.3 is 0 Å². The van der Waals surface area contributed by atoms with E-state index >= 15 is 0 Å². The molecule has 1 aliphatic heterocycles. The van der Waals surface area contributed by atoms with Crippen molar-refractivity contribution >= 4 is 17.3 Å². The second kappa shape index (κ2) is 2.50. The highest BCUT2D eigenvalue weighted by molar-refractivity contribution is 5.99. The van der Waals surface area contributed by atoms with Gasteiger partial charge in [0.1, 0.15) is 0 Å². The first-order chi connectivity index (χ1) is 6.74. The smallest absolute Gasteiger partial charge is 0.228 e. The molecule has 0 atom stereocenters. The van der Waals surface area contributed by atoms with Gasteiger partial charge in [-0.05, 0) is 42.0 Å². The Morgan fingerprint density at radius 3 is 2.86 bits per heavy atom. The molecule has 0 unspecified atom stereocenters. The fourth-order valence-corrected chi connectivity index (χ4v) is 2.06. The summed E-state index contributed by atoms with van der Waals surface area (Å²) in [5.74, 6) is 0.713. The molecule has 3 N–H and O–H groups in total. The van der Waals surface area contributed by atoms with Crippen LogP contribution in [0.3, 0.4) is 0 Å². The van der Waals surface area contributed by atoms with Crippen LogP contribution in [-0.2, 0) is 11.2 Å². The largest absolute Gasteiger partial charge is 0.398 e. The molecule has 1 saturated carbocycles. The van der Waals surface area contributed by atoms with Gasteiger partial charge in [0.05, 0.1) is 6.42 Å². The molecule has 3 rings (SSSR count). The third-order valence-electron chi connectivity index (χ3n) is 2.95. The van der Waals surface area contributed by atoms with Crippen molar-refractivity contribution in [3.05, 3.63) is 23.3 Å². The molecule has 14 heavy (non-hydrogen) atoms. The lowest BCUT2D eigenvalue weighted by molar-refractivity contribution is -0.115. The van der Waals surface area contributed by atoms with Crippen LogP contribution in [0.25, 0.3) is 0 Å². The molecule has 0 aromatic heterocycles. The normalized spacial score (nSPS) is 19.3. The molecule has 1 amide bonds. The fourth-order valence-electron chi connectivity index (χ4n) is 2.06. The maximum Gasteiger partial charge on any atom is 0.228 e. The maximum absolute atomic E-state index is 11.2. The van der Waals surface area contributed by atoms with Crippen molar-refractivity contribution in [3.63, 3.8) is 0 Å². The van der Waals surface area contributed by atoms with Gasteiger partial charge in [-0.2, -0.15) is 0 Å². The Hall–Kier alpha value is -1.51. The third-order valence-corrected chi connectivity index (χ3v) is 2.95. The van der Waals surface area contributed by atoms with Gasteiger partial charge in [-0.3, -0.25) is 4.79 Å². The number of nitrogens with one attached hydrogen (secondary N) is 1. The predicted molar refractivity (Wildman–Crippen MR) is 55.2 cm³/mol. The van der Waals surface area contributed by atoms with Gasteiger partial charge in [-0.25, -0.2) is 0 Å².